The molecule has 158 valence electrons. The summed E-state index contributed by atoms with van der Waals surface area (Å²) in [6, 6.07) is 13.4. The number of benzene rings is 2. The maximum atomic E-state index is 12.6. The Morgan fingerprint density at radius 2 is 1.80 bits per heavy atom. The molecule has 1 heterocycles. The Morgan fingerprint density at radius 1 is 1.07 bits per heavy atom. The van der Waals surface area contributed by atoms with Gasteiger partial charge >= 0.3 is 5.97 Å². The highest BCUT2D eigenvalue weighted by molar-refractivity contribution is 7.16. The number of methoxy groups -OCH3 is 1. The van der Waals surface area contributed by atoms with Gasteiger partial charge in [-0.3, -0.25) is 4.79 Å². The van der Waals surface area contributed by atoms with E-state index in [2.05, 4.69) is 11.9 Å². The average molecular weight is 427 g/mol. The van der Waals surface area contributed by atoms with Crippen molar-refractivity contribution in [3.05, 3.63) is 64.0 Å². The van der Waals surface area contributed by atoms with E-state index >= 15 is 0 Å². The van der Waals surface area contributed by atoms with Crippen LogP contribution in [-0.4, -0.2) is 36.8 Å². The van der Waals surface area contributed by atoms with Crippen LogP contribution in [0.4, 0.5) is 0 Å². The van der Waals surface area contributed by atoms with Gasteiger partial charge in [-0.25, -0.2) is 4.79 Å². The molecule has 7 heteroatoms. The zero-order valence-corrected chi connectivity index (χ0v) is 18.3. The van der Waals surface area contributed by atoms with Crippen LogP contribution in [0.15, 0.2) is 47.5 Å². The smallest absolute Gasteiger partial charge is 0.337 e. The second-order valence-corrected chi connectivity index (χ2v) is 7.77. The van der Waals surface area contributed by atoms with Crippen LogP contribution >= 0.6 is 11.3 Å². The van der Waals surface area contributed by atoms with Gasteiger partial charge in [0, 0.05) is 13.2 Å². The summed E-state index contributed by atoms with van der Waals surface area (Å²) >= 11 is 1.38. The molecule has 1 amide bonds. The number of rotatable bonds is 8. The number of esters is 1. The van der Waals surface area contributed by atoms with Gasteiger partial charge in [-0.15, -0.1) is 0 Å². The Labute approximate surface area is 179 Å². The lowest BCUT2D eigenvalue weighted by Gasteiger charge is -2.06. The molecule has 0 bridgehead atoms. The SMILES string of the molecule is CCOCCn1c(=NC(=O)Cc2ccc(CC)cc2)sc2cc(C(=O)OC)ccc21. The minimum Gasteiger partial charge on any atom is -0.465 e. The molecule has 2 aromatic carbocycles. The molecule has 0 saturated carbocycles. The molecular weight excluding hydrogens is 400 g/mol. The zero-order valence-electron chi connectivity index (χ0n) is 17.5. The minimum atomic E-state index is -0.392. The fourth-order valence-corrected chi connectivity index (χ4v) is 4.25. The van der Waals surface area contributed by atoms with Crippen molar-refractivity contribution < 1.29 is 19.1 Å². The third kappa shape index (κ3) is 5.23. The lowest BCUT2D eigenvalue weighted by Crippen LogP contribution is -2.20. The molecule has 0 fully saturated rings. The first-order chi connectivity index (χ1) is 14.5. The number of amides is 1. The molecule has 1 aromatic heterocycles. The summed E-state index contributed by atoms with van der Waals surface area (Å²) < 4.78 is 13.1. The van der Waals surface area contributed by atoms with Crippen LogP contribution in [0.1, 0.15) is 35.3 Å². The highest BCUT2D eigenvalue weighted by atomic mass is 32.1. The summed E-state index contributed by atoms with van der Waals surface area (Å²) in [6.45, 7) is 5.75. The second-order valence-electron chi connectivity index (χ2n) is 6.76. The number of carbonyl (C=O) groups excluding carboxylic acids is 2. The maximum absolute atomic E-state index is 12.6. The van der Waals surface area contributed by atoms with Gasteiger partial charge < -0.3 is 14.0 Å². The number of fused-ring (bicyclic) bond motifs is 1. The van der Waals surface area contributed by atoms with Gasteiger partial charge in [0.1, 0.15) is 0 Å². The van der Waals surface area contributed by atoms with Crippen LogP contribution in [-0.2, 0) is 33.7 Å². The van der Waals surface area contributed by atoms with Crippen molar-refractivity contribution in [1.82, 2.24) is 4.57 Å². The third-order valence-corrected chi connectivity index (χ3v) is 5.82. The van der Waals surface area contributed by atoms with Crippen LogP contribution in [0, 0.1) is 0 Å². The Bertz CT molecular complexity index is 1100. The van der Waals surface area contributed by atoms with Crippen molar-refractivity contribution in [2.75, 3.05) is 20.3 Å². The molecule has 0 aliphatic rings. The van der Waals surface area contributed by atoms with Crippen molar-refractivity contribution >= 4 is 33.4 Å². The topological polar surface area (TPSA) is 69.9 Å². The molecular formula is C23H26N2O4S. The Morgan fingerprint density at radius 3 is 2.47 bits per heavy atom. The Balaban J connectivity index is 1.94. The highest BCUT2D eigenvalue weighted by Gasteiger charge is 2.12. The summed E-state index contributed by atoms with van der Waals surface area (Å²) in [6.07, 6.45) is 1.21. The van der Waals surface area contributed by atoms with Gasteiger partial charge in [0.15, 0.2) is 4.80 Å². The molecule has 0 aliphatic heterocycles. The van der Waals surface area contributed by atoms with Crippen molar-refractivity contribution in [1.29, 1.82) is 0 Å². The summed E-state index contributed by atoms with van der Waals surface area (Å²) in [4.78, 5) is 29.5. The molecule has 0 saturated heterocycles. The van der Waals surface area contributed by atoms with E-state index in [1.54, 1.807) is 12.1 Å². The number of thiazole rings is 1. The van der Waals surface area contributed by atoms with Gasteiger partial charge in [-0.1, -0.05) is 42.5 Å². The molecule has 6 nitrogen and oxygen atoms in total. The number of hydrogen-bond donors (Lipinski definition) is 0. The molecule has 3 rings (SSSR count). The molecule has 0 radical (unpaired) electrons. The molecule has 0 unspecified atom stereocenters. The Hall–Kier alpha value is -2.77. The number of hydrogen-bond acceptors (Lipinski definition) is 5. The van der Waals surface area contributed by atoms with Gasteiger partial charge in [0.25, 0.3) is 5.91 Å². The van der Waals surface area contributed by atoms with Crippen molar-refractivity contribution in [2.24, 2.45) is 4.99 Å². The predicted molar refractivity (Wildman–Crippen MR) is 118 cm³/mol. The van der Waals surface area contributed by atoms with E-state index in [9.17, 15) is 9.59 Å². The number of aromatic nitrogens is 1. The van der Waals surface area contributed by atoms with Crippen LogP contribution in [0.25, 0.3) is 10.2 Å². The number of nitrogens with zero attached hydrogens (tertiary/aromatic N) is 2. The third-order valence-electron chi connectivity index (χ3n) is 4.77. The van der Waals surface area contributed by atoms with E-state index in [1.807, 2.05) is 41.8 Å². The molecule has 0 aliphatic carbocycles. The lowest BCUT2D eigenvalue weighted by atomic mass is 10.1. The second kappa shape index (κ2) is 10.3. The standard InChI is InChI=1S/C23H26N2O4S/c1-4-16-6-8-17(9-7-16)14-21(26)24-23-25(12-13-29-5-2)19-11-10-18(22(27)28-3)15-20(19)30-23/h6-11,15H,4-5,12-14H2,1-3H3. The predicted octanol–water partition coefficient (Wildman–Crippen LogP) is 3.76. The van der Waals surface area contributed by atoms with Gasteiger partial charge in [0.2, 0.25) is 0 Å². The van der Waals surface area contributed by atoms with Gasteiger partial charge in [-0.2, -0.15) is 4.99 Å². The van der Waals surface area contributed by atoms with E-state index in [0.29, 0.717) is 30.1 Å². The van der Waals surface area contributed by atoms with Crippen LogP contribution in [0.5, 0.6) is 0 Å². The van der Waals surface area contributed by atoms with Crippen molar-refractivity contribution in [3.63, 3.8) is 0 Å². The first-order valence-corrected chi connectivity index (χ1v) is 10.8. The average Bonchev–Trinajstić information content (AvgIpc) is 3.09. The molecule has 0 spiro atoms. The largest absolute Gasteiger partial charge is 0.465 e. The number of aryl methyl sites for hydroxylation is 1. The lowest BCUT2D eigenvalue weighted by molar-refractivity contribution is -0.117. The number of carbonyl (C=O) groups is 2. The summed E-state index contributed by atoms with van der Waals surface area (Å²) in [5.41, 5.74) is 3.56. The van der Waals surface area contributed by atoms with Gasteiger partial charge in [-0.05, 0) is 42.7 Å². The summed E-state index contributed by atoms with van der Waals surface area (Å²) in [5.74, 6) is -0.597. The van der Waals surface area contributed by atoms with E-state index in [0.717, 1.165) is 22.2 Å². The van der Waals surface area contributed by atoms with Crippen molar-refractivity contribution in [2.45, 2.75) is 33.2 Å². The monoisotopic (exact) mass is 426 g/mol. The van der Waals surface area contributed by atoms with E-state index in [4.69, 9.17) is 9.47 Å². The zero-order chi connectivity index (χ0) is 21.5. The molecule has 0 N–H and O–H groups in total. The van der Waals surface area contributed by atoms with E-state index in [1.165, 1.54) is 24.0 Å². The van der Waals surface area contributed by atoms with Crippen LogP contribution in [0.2, 0.25) is 0 Å². The van der Waals surface area contributed by atoms with Crippen LogP contribution < -0.4 is 4.80 Å². The van der Waals surface area contributed by atoms with Crippen LogP contribution in [0.3, 0.4) is 0 Å². The molecule has 0 atom stereocenters. The number of ether oxygens (including phenoxy) is 2. The quantitative estimate of drug-likeness (QED) is 0.406. The fraction of sp³-hybridized carbons (Fsp3) is 0.348. The maximum Gasteiger partial charge on any atom is 0.337 e. The Kier molecular flexibility index (Phi) is 7.54. The van der Waals surface area contributed by atoms with Crippen molar-refractivity contribution in [3.8, 4) is 0 Å². The molecule has 3 aromatic rings. The highest BCUT2D eigenvalue weighted by Crippen LogP contribution is 2.20. The first kappa shape index (κ1) is 21.9. The molecule has 30 heavy (non-hydrogen) atoms. The fourth-order valence-electron chi connectivity index (χ4n) is 3.13. The van der Waals surface area contributed by atoms with Gasteiger partial charge in [0.05, 0.1) is 35.9 Å². The summed E-state index contributed by atoms with van der Waals surface area (Å²) in [7, 11) is 1.36. The summed E-state index contributed by atoms with van der Waals surface area (Å²) in [5, 5.41) is 0. The first-order valence-electron chi connectivity index (χ1n) is 10.0. The van der Waals surface area contributed by atoms with E-state index in [-0.39, 0.29) is 12.3 Å². The van der Waals surface area contributed by atoms with E-state index < -0.39 is 5.97 Å². The normalized spacial score (nSPS) is 11.8. The minimum absolute atomic E-state index is 0.204.